The lowest BCUT2D eigenvalue weighted by molar-refractivity contribution is -0.136. The topological polar surface area (TPSA) is 91.9 Å². The number of hydrogen-bond donors (Lipinski definition) is 1. The summed E-state index contributed by atoms with van der Waals surface area (Å²) < 4.78 is 7.16. The van der Waals surface area contributed by atoms with Gasteiger partial charge in [0.25, 0.3) is 0 Å². The van der Waals surface area contributed by atoms with E-state index in [0.29, 0.717) is 11.9 Å². The van der Waals surface area contributed by atoms with Crippen LogP contribution in [0.1, 0.15) is 50.8 Å². The van der Waals surface area contributed by atoms with Gasteiger partial charge in [-0.05, 0) is 77.2 Å². The Morgan fingerprint density at radius 3 is 2.62 bits per heavy atom. The fourth-order valence-electron chi connectivity index (χ4n) is 5.01. The number of rotatable bonds is 5. The number of halogens is 1. The maximum atomic E-state index is 9.44. The molecule has 178 valence electrons. The van der Waals surface area contributed by atoms with Gasteiger partial charge in [0.2, 0.25) is 5.95 Å². The smallest absolute Gasteiger partial charge is 0.227 e. The summed E-state index contributed by atoms with van der Waals surface area (Å²) in [6.07, 6.45) is 5.64. The summed E-state index contributed by atoms with van der Waals surface area (Å²) >= 11 is 6.71. The van der Waals surface area contributed by atoms with Crippen LogP contribution in [0.25, 0.3) is 10.9 Å². The van der Waals surface area contributed by atoms with E-state index in [9.17, 15) is 5.26 Å². The van der Waals surface area contributed by atoms with Gasteiger partial charge in [0.1, 0.15) is 5.54 Å². The highest BCUT2D eigenvalue weighted by Gasteiger charge is 2.41. The highest BCUT2D eigenvalue weighted by atomic mass is 35.5. The molecule has 0 spiro atoms. The molecule has 2 aliphatic rings. The molecular formula is C25H30ClN7O. The summed E-state index contributed by atoms with van der Waals surface area (Å²) in [4.78, 5) is 11.8. The zero-order valence-corrected chi connectivity index (χ0v) is 20.9. The van der Waals surface area contributed by atoms with Gasteiger partial charge in [0.05, 0.1) is 47.9 Å². The summed E-state index contributed by atoms with van der Waals surface area (Å²) in [5, 5.41) is 18.8. The summed E-state index contributed by atoms with van der Waals surface area (Å²) in [6, 6.07) is 6.37. The van der Waals surface area contributed by atoms with E-state index in [-0.39, 0.29) is 5.54 Å². The van der Waals surface area contributed by atoms with Crippen LogP contribution in [0.2, 0.25) is 5.02 Å². The van der Waals surface area contributed by atoms with Crippen molar-refractivity contribution in [3.05, 3.63) is 40.8 Å². The van der Waals surface area contributed by atoms with E-state index >= 15 is 0 Å². The molecule has 0 aliphatic carbocycles. The lowest BCUT2D eigenvalue weighted by atomic mass is 9.86. The third-order valence-electron chi connectivity index (χ3n) is 7.28. The van der Waals surface area contributed by atoms with Crippen LogP contribution in [0.5, 0.6) is 0 Å². The molecule has 9 heteroatoms. The van der Waals surface area contributed by atoms with Gasteiger partial charge in [0, 0.05) is 16.6 Å². The van der Waals surface area contributed by atoms with E-state index < -0.39 is 5.54 Å². The van der Waals surface area contributed by atoms with E-state index in [1.54, 1.807) is 17.1 Å². The molecule has 0 atom stereocenters. The lowest BCUT2D eigenvalue weighted by Gasteiger charge is -2.50. The third kappa shape index (κ3) is 4.02. The first-order valence-corrected chi connectivity index (χ1v) is 12.1. The molecule has 2 saturated heterocycles. The van der Waals surface area contributed by atoms with Crippen LogP contribution in [0.4, 0.5) is 11.6 Å². The minimum absolute atomic E-state index is 0.195. The van der Waals surface area contributed by atoms with E-state index in [1.807, 2.05) is 26.8 Å². The molecule has 34 heavy (non-hydrogen) atoms. The summed E-state index contributed by atoms with van der Waals surface area (Å²) in [5.41, 5.74) is 3.11. The molecule has 0 bridgehead atoms. The Morgan fingerprint density at radius 1 is 1.24 bits per heavy atom. The van der Waals surface area contributed by atoms with Gasteiger partial charge in [-0.2, -0.15) is 10.4 Å². The van der Waals surface area contributed by atoms with Crippen LogP contribution in [-0.2, 0) is 10.3 Å². The Hall–Kier alpha value is -2.73. The molecule has 3 aromatic rings. The fraction of sp³-hybridized carbons (Fsp3) is 0.520. The van der Waals surface area contributed by atoms with Crippen LogP contribution in [-0.4, -0.2) is 56.5 Å². The van der Waals surface area contributed by atoms with Crippen molar-refractivity contribution in [3.8, 4) is 6.07 Å². The second kappa shape index (κ2) is 8.49. The van der Waals surface area contributed by atoms with Gasteiger partial charge in [-0.1, -0.05) is 11.6 Å². The number of nitriles is 1. The van der Waals surface area contributed by atoms with Crippen molar-refractivity contribution < 1.29 is 4.74 Å². The van der Waals surface area contributed by atoms with Crippen molar-refractivity contribution in [1.29, 1.82) is 5.26 Å². The predicted octanol–water partition coefficient (Wildman–Crippen LogP) is 4.76. The Labute approximate surface area is 204 Å². The van der Waals surface area contributed by atoms with Crippen molar-refractivity contribution in [2.45, 2.75) is 57.5 Å². The Kier molecular flexibility index (Phi) is 5.75. The monoisotopic (exact) mass is 479 g/mol. The zero-order chi connectivity index (χ0) is 24.1. The first-order valence-electron chi connectivity index (χ1n) is 11.7. The SMILES string of the molecule is Cc1c(Nc2ncc3cc(Cl)c(C4CCN(C5(C)COC5)CC4)cc3n2)cnn1C(C)(C)C#N. The van der Waals surface area contributed by atoms with Crippen molar-refractivity contribution in [1.82, 2.24) is 24.6 Å². The van der Waals surface area contributed by atoms with Crippen LogP contribution >= 0.6 is 11.6 Å². The van der Waals surface area contributed by atoms with Crippen molar-refractivity contribution in [2.75, 3.05) is 31.6 Å². The van der Waals surface area contributed by atoms with Gasteiger partial charge in [0.15, 0.2) is 0 Å². The minimum Gasteiger partial charge on any atom is -0.377 e. The number of nitrogens with one attached hydrogen (secondary N) is 1. The molecule has 5 rings (SSSR count). The van der Waals surface area contributed by atoms with E-state index in [1.165, 1.54) is 0 Å². The van der Waals surface area contributed by atoms with Gasteiger partial charge in [-0.15, -0.1) is 0 Å². The highest BCUT2D eigenvalue weighted by molar-refractivity contribution is 6.32. The number of fused-ring (bicyclic) bond motifs is 1. The molecule has 4 heterocycles. The highest BCUT2D eigenvalue weighted by Crippen LogP contribution is 2.38. The normalized spacial score (nSPS) is 19.1. The minimum atomic E-state index is -0.738. The fourth-order valence-corrected chi connectivity index (χ4v) is 5.34. The number of likely N-dealkylation sites (tertiary alicyclic amines) is 1. The Morgan fingerprint density at radius 2 is 1.97 bits per heavy atom. The first-order chi connectivity index (χ1) is 16.2. The average molecular weight is 480 g/mol. The van der Waals surface area contributed by atoms with Crippen LogP contribution in [0.3, 0.4) is 0 Å². The largest absolute Gasteiger partial charge is 0.377 e. The predicted molar refractivity (Wildman–Crippen MR) is 133 cm³/mol. The van der Waals surface area contributed by atoms with Crippen molar-refractivity contribution >= 4 is 34.1 Å². The molecule has 8 nitrogen and oxygen atoms in total. The number of benzene rings is 1. The standard InChI is InChI=1S/C25H30ClN7O/c1-16-22(12-29-33(16)24(2,3)13-27)31-23-28-11-18-9-20(26)19(10-21(18)30-23)17-5-7-32(8-6-17)25(4)14-34-15-25/h9-12,17H,5-8,14-15H2,1-4H3,(H,28,30,31). The lowest BCUT2D eigenvalue weighted by Crippen LogP contribution is -2.61. The van der Waals surface area contributed by atoms with Crippen molar-refractivity contribution in [3.63, 3.8) is 0 Å². The molecule has 0 unspecified atom stereocenters. The Balaban J connectivity index is 1.37. The first kappa shape index (κ1) is 23.0. The van der Waals surface area contributed by atoms with Crippen LogP contribution < -0.4 is 5.32 Å². The maximum absolute atomic E-state index is 9.44. The summed E-state index contributed by atoms with van der Waals surface area (Å²) in [6.45, 7) is 11.6. The van der Waals surface area contributed by atoms with Gasteiger partial charge < -0.3 is 10.1 Å². The molecule has 0 saturated carbocycles. The van der Waals surface area contributed by atoms with Crippen molar-refractivity contribution in [2.24, 2.45) is 0 Å². The average Bonchev–Trinajstić information content (AvgIpc) is 3.18. The molecule has 1 N–H and O–H groups in total. The summed E-state index contributed by atoms with van der Waals surface area (Å²) in [5.74, 6) is 0.906. The molecule has 2 fully saturated rings. The number of hydrogen-bond acceptors (Lipinski definition) is 7. The number of piperidine rings is 1. The molecule has 0 amide bonds. The molecular weight excluding hydrogens is 450 g/mol. The Bertz CT molecular complexity index is 1270. The number of aromatic nitrogens is 4. The number of ether oxygens (including phenoxy) is 1. The zero-order valence-electron chi connectivity index (χ0n) is 20.1. The summed E-state index contributed by atoms with van der Waals surface area (Å²) in [7, 11) is 0. The van der Waals surface area contributed by atoms with E-state index in [0.717, 1.165) is 72.0 Å². The second-order valence-electron chi connectivity index (χ2n) is 10.2. The van der Waals surface area contributed by atoms with Gasteiger partial charge in [-0.3, -0.25) is 4.90 Å². The molecule has 2 aliphatic heterocycles. The molecule has 2 aromatic heterocycles. The van der Waals surface area contributed by atoms with E-state index in [2.05, 4.69) is 39.4 Å². The van der Waals surface area contributed by atoms with Gasteiger partial charge in [-0.25, -0.2) is 14.6 Å². The quantitative estimate of drug-likeness (QED) is 0.564. The molecule has 0 radical (unpaired) electrons. The number of anilines is 2. The molecule has 1 aromatic carbocycles. The number of nitrogens with zero attached hydrogens (tertiary/aromatic N) is 6. The third-order valence-corrected chi connectivity index (χ3v) is 7.61. The van der Waals surface area contributed by atoms with E-state index in [4.69, 9.17) is 21.3 Å². The van der Waals surface area contributed by atoms with Crippen LogP contribution in [0, 0.1) is 18.3 Å². The van der Waals surface area contributed by atoms with Gasteiger partial charge >= 0.3 is 0 Å². The maximum Gasteiger partial charge on any atom is 0.227 e. The van der Waals surface area contributed by atoms with Crippen LogP contribution in [0.15, 0.2) is 24.5 Å². The second-order valence-corrected chi connectivity index (χ2v) is 10.6.